The van der Waals surface area contributed by atoms with Gasteiger partial charge in [0.1, 0.15) is 0 Å². The monoisotopic (exact) mass is 320 g/mol. The Hall–Kier alpha value is -3.94. The van der Waals surface area contributed by atoms with E-state index in [2.05, 4.69) is 14.7 Å². The highest BCUT2D eigenvalue weighted by Crippen LogP contribution is 2.41. The van der Waals surface area contributed by atoms with Gasteiger partial charge in [-0.1, -0.05) is 42.5 Å². The molecule has 1 heterocycles. The second kappa shape index (κ2) is 6.67. The normalized spacial score (nSPS) is 9.68. The van der Waals surface area contributed by atoms with Crippen molar-refractivity contribution < 1.29 is 0 Å². The first kappa shape index (κ1) is 15.9. The van der Waals surface area contributed by atoms with Crippen molar-refractivity contribution in [3.63, 3.8) is 0 Å². The van der Waals surface area contributed by atoms with Gasteiger partial charge < -0.3 is 0 Å². The fourth-order valence-electron chi connectivity index (χ4n) is 2.70. The van der Waals surface area contributed by atoms with E-state index in [1.165, 1.54) is 0 Å². The molecule has 0 bridgehead atoms. The van der Waals surface area contributed by atoms with Crippen LogP contribution in [0.25, 0.3) is 32.1 Å². The minimum Gasteiger partial charge on any atom is -0.257 e. The fraction of sp³-hybridized carbons (Fsp3) is 0.0476. The summed E-state index contributed by atoms with van der Waals surface area (Å²) in [4.78, 5) is 11.3. The molecule has 116 valence electrons. The molecule has 0 fully saturated rings. The van der Waals surface area contributed by atoms with E-state index in [0.717, 1.165) is 16.7 Å². The van der Waals surface area contributed by atoms with Crippen molar-refractivity contribution in [2.24, 2.45) is 0 Å². The van der Waals surface area contributed by atoms with Crippen molar-refractivity contribution in [3.8, 4) is 28.5 Å². The minimum atomic E-state index is 0.0821. The molecule has 25 heavy (non-hydrogen) atoms. The molecule has 0 spiro atoms. The lowest BCUT2D eigenvalue weighted by Crippen LogP contribution is -1.90. The Morgan fingerprint density at radius 3 is 2.32 bits per heavy atom. The summed E-state index contributed by atoms with van der Waals surface area (Å²) in [7, 11) is 0. The predicted molar refractivity (Wildman–Crippen MR) is 97.1 cm³/mol. The summed E-state index contributed by atoms with van der Waals surface area (Å²) in [5, 5.41) is 9.15. The number of hydrogen-bond donors (Lipinski definition) is 0. The lowest BCUT2D eigenvalue weighted by atomic mass is 9.98. The summed E-state index contributed by atoms with van der Waals surface area (Å²) in [6.07, 6.45) is 1.76. The summed E-state index contributed by atoms with van der Waals surface area (Å²) in [6, 6.07) is 17.1. The maximum absolute atomic E-state index is 9.15. The third kappa shape index (κ3) is 2.83. The molecule has 3 aromatic rings. The number of aryl methyl sites for hydroxylation is 1. The van der Waals surface area contributed by atoms with E-state index in [9.17, 15) is 0 Å². The van der Waals surface area contributed by atoms with Gasteiger partial charge in [0, 0.05) is 11.8 Å². The lowest BCUT2D eigenvalue weighted by molar-refractivity contribution is 1.27. The molecule has 0 aliphatic heterocycles. The zero-order chi connectivity index (χ0) is 17.8. The van der Waals surface area contributed by atoms with E-state index < -0.39 is 0 Å². The van der Waals surface area contributed by atoms with E-state index >= 15 is 0 Å². The molecule has 2 aromatic carbocycles. The Kier molecular flexibility index (Phi) is 4.25. The first-order valence-electron chi connectivity index (χ1n) is 7.54. The zero-order valence-corrected chi connectivity index (χ0v) is 13.5. The molecule has 3 rings (SSSR count). The van der Waals surface area contributed by atoms with Crippen LogP contribution in [0.4, 0.5) is 11.4 Å². The second-order valence-corrected chi connectivity index (χ2v) is 5.44. The zero-order valence-electron chi connectivity index (χ0n) is 13.5. The molecule has 1 aromatic heterocycles. The van der Waals surface area contributed by atoms with Gasteiger partial charge in [-0.2, -0.15) is 5.26 Å². The molecule has 0 N–H and O–H groups in total. The molecule has 4 nitrogen and oxygen atoms in total. The van der Waals surface area contributed by atoms with Gasteiger partial charge >= 0.3 is 0 Å². The standard InChI is InChI=1S/C21H12N4/c1-14-13-25-19(11-18(14)15-7-5-4-6-8-15)17-10-9-16(12-22)20(23-2)21(17)24-3/h4-11,13H,1H3. The van der Waals surface area contributed by atoms with Crippen molar-refractivity contribution >= 4 is 11.4 Å². The van der Waals surface area contributed by atoms with Gasteiger partial charge in [-0.05, 0) is 35.2 Å². The molecule has 4 heteroatoms. The smallest absolute Gasteiger partial charge is 0.212 e. The van der Waals surface area contributed by atoms with Gasteiger partial charge in [-0.3, -0.25) is 4.98 Å². The number of pyridine rings is 1. The van der Waals surface area contributed by atoms with Crippen LogP contribution >= 0.6 is 0 Å². The van der Waals surface area contributed by atoms with E-state index in [1.807, 2.05) is 49.4 Å². The minimum absolute atomic E-state index is 0.0821. The summed E-state index contributed by atoms with van der Waals surface area (Å²) in [5.74, 6) is 0. The summed E-state index contributed by atoms with van der Waals surface area (Å²) in [6.45, 7) is 16.8. The van der Waals surface area contributed by atoms with Gasteiger partial charge in [0.2, 0.25) is 11.4 Å². The number of hydrogen-bond acceptors (Lipinski definition) is 2. The van der Waals surface area contributed by atoms with Crippen LogP contribution in [0.15, 0.2) is 54.7 Å². The fourth-order valence-corrected chi connectivity index (χ4v) is 2.70. The van der Waals surface area contributed by atoms with E-state index in [0.29, 0.717) is 11.3 Å². The first-order valence-corrected chi connectivity index (χ1v) is 7.54. The molecular formula is C21H12N4. The topological polar surface area (TPSA) is 45.4 Å². The van der Waals surface area contributed by atoms with Crippen molar-refractivity contribution in [2.45, 2.75) is 6.92 Å². The average molecular weight is 320 g/mol. The number of aromatic nitrogens is 1. The average Bonchev–Trinajstić information content (AvgIpc) is 2.67. The van der Waals surface area contributed by atoms with Crippen LogP contribution in [-0.4, -0.2) is 4.98 Å². The Balaban J connectivity index is 2.25. The number of benzene rings is 2. The number of nitrogens with zero attached hydrogens (tertiary/aromatic N) is 4. The Bertz CT molecular complexity index is 1080. The maximum Gasteiger partial charge on any atom is 0.212 e. The van der Waals surface area contributed by atoms with Gasteiger partial charge in [-0.25, -0.2) is 9.69 Å². The van der Waals surface area contributed by atoms with Crippen LogP contribution in [0.5, 0.6) is 0 Å². The summed E-state index contributed by atoms with van der Waals surface area (Å²) < 4.78 is 0. The number of rotatable bonds is 2. The van der Waals surface area contributed by atoms with Gasteiger partial charge in [0.25, 0.3) is 0 Å². The van der Waals surface area contributed by atoms with Gasteiger partial charge in [0.15, 0.2) is 0 Å². The summed E-state index contributed by atoms with van der Waals surface area (Å²) >= 11 is 0. The van der Waals surface area contributed by atoms with Crippen LogP contribution in [0.1, 0.15) is 11.1 Å². The Labute approximate surface area is 146 Å². The highest BCUT2D eigenvalue weighted by molar-refractivity contribution is 5.91. The van der Waals surface area contributed by atoms with Gasteiger partial charge in [0.05, 0.1) is 24.9 Å². The molecule has 0 saturated carbocycles. The molecular weight excluding hydrogens is 308 g/mol. The highest BCUT2D eigenvalue weighted by atomic mass is 14.8. The van der Waals surface area contributed by atoms with Crippen LogP contribution in [-0.2, 0) is 0 Å². The third-order valence-electron chi connectivity index (χ3n) is 3.96. The van der Waals surface area contributed by atoms with Crippen molar-refractivity contribution in [2.75, 3.05) is 0 Å². The van der Waals surface area contributed by atoms with Crippen LogP contribution < -0.4 is 0 Å². The highest BCUT2D eigenvalue weighted by Gasteiger charge is 2.17. The summed E-state index contributed by atoms with van der Waals surface area (Å²) in [5.41, 5.74) is 4.76. The lowest BCUT2D eigenvalue weighted by Gasteiger charge is -2.11. The van der Waals surface area contributed by atoms with Crippen LogP contribution in [0.3, 0.4) is 0 Å². The molecule has 0 radical (unpaired) electrons. The molecule has 0 aliphatic carbocycles. The largest absolute Gasteiger partial charge is 0.257 e. The van der Waals surface area contributed by atoms with Gasteiger partial charge in [-0.15, -0.1) is 0 Å². The second-order valence-electron chi connectivity index (χ2n) is 5.44. The van der Waals surface area contributed by atoms with Crippen LogP contribution in [0.2, 0.25) is 0 Å². The Morgan fingerprint density at radius 2 is 1.68 bits per heavy atom. The van der Waals surface area contributed by atoms with E-state index in [4.69, 9.17) is 18.4 Å². The third-order valence-corrected chi connectivity index (χ3v) is 3.96. The van der Waals surface area contributed by atoms with Crippen LogP contribution in [0, 0.1) is 31.4 Å². The predicted octanol–water partition coefficient (Wildman–Crippen LogP) is 5.70. The molecule has 0 amide bonds. The Morgan fingerprint density at radius 1 is 0.960 bits per heavy atom. The number of nitriles is 1. The van der Waals surface area contributed by atoms with Crippen molar-refractivity contribution in [1.82, 2.24) is 4.98 Å². The quantitative estimate of drug-likeness (QED) is 0.569. The van der Waals surface area contributed by atoms with Crippen molar-refractivity contribution in [1.29, 1.82) is 5.26 Å². The molecule has 0 aliphatic rings. The van der Waals surface area contributed by atoms with E-state index in [1.54, 1.807) is 18.3 Å². The van der Waals surface area contributed by atoms with Crippen molar-refractivity contribution in [3.05, 3.63) is 88.7 Å². The SMILES string of the molecule is [C-]#[N+]c1c(C#N)ccc(-c2cc(-c3ccccc3)c(C)cn2)c1[N+]#[C-]. The maximum atomic E-state index is 9.15. The molecule has 0 unspecified atom stereocenters. The van der Waals surface area contributed by atoms with E-state index in [-0.39, 0.29) is 16.9 Å². The molecule has 0 atom stereocenters. The molecule has 0 saturated heterocycles. The first-order chi connectivity index (χ1) is 12.2.